The van der Waals surface area contributed by atoms with Gasteiger partial charge in [-0.05, 0) is 86.8 Å². The number of rotatable bonds is 5. The lowest BCUT2D eigenvalue weighted by Gasteiger charge is -2.15. The van der Waals surface area contributed by atoms with Crippen LogP contribution in [0.3, 0.4) is 0 Å². The number of fused-ring (bicyclic) bond motifs is 1. The van der Waals surface area contributed by atoms with Gasteiger partial charge in [0.1, 0.15) is 7.14 Å². The normalized spacial score (nSPS) is 11.5. The van der Waals surface area contributed by atoms with E-state index in [1.807, 2.05) is 25.5 Å². The molecule has 1 nitrogen and oxygen atoms in total. The molecule has 0 aliphatic rings. The first-order valence-corrected chi connectivity index (χ1v) is 15.5. The fourth-order valence-electron chi connectivity index (χ4n) is 5.18. The molecule has 0 aliphatic carbocycles. The average Bonchev–Trinajstić information content (AvgIpc) is 2.97. The first-order valence-electron chi connectivity index (χ1n) is 12.9. The Bertz CT molecular complexity index is 1720. The summed E-state index contributed by atoms with van der Waals surface area (Å²) < 4.78 is 12.5. The average molecular weight is 509 g/mol. The van der Waals surface area contributed by atoms with Crippen molar-refractivity contribution in [3.05, 3.63) is 140 Å². The van der Waals surface area contributed by atoms with Crippen molar-refractivity contribution < 1.29 is 4.57 Å². The van der Waals surface area contributed by atoms with E-state index < -0.39 is 7.14 Å². The Kier molecular flexibility index (Phi) is 6.32. The molecule has 184 valence electrons. The van der Waals surface area contributed by atoms with E-state index in [1.165, 1.54) is 49.7 Å². The van der Waals surface area contributed by atoms with Crippen LogP contribution in [0.5, 0.6) is 0 Å². The maximum Gasteiger partial charge on any atom is 0.109 e. The number of hydrogen-bond donors (Lipinski definition) is 0. The van der Waals surface area contributed by atoms with Crippen molar-refractivity contribution in [3.63, 3.8) is 0 Å². The minimum absolute atomic E-state index is 0.911. The quantitative estimate of drug-likeness (QED) is 0.212. The van der Waals surface area contributed by atoms with Crippen molar-refractivity contribution >= 4 is 23.2 Å². The van der Waals surface area contributed by atoms with Gasteiger partial charge in [0.05, 0.1) is 0 Å². The van der Waals surface area contributed by atoms with Crippen LogP contribution in [-0.4, -0.2) is 13.3 Å². The summed E-state index contributed by atoms with van der Waals surface area (Å²) in [5.74, 6) is 0. The molecule has 6 aromatic carbocycles. The maximum atomic E-state index is 12.5. The summed E-state index contributed by atoms with van der Waals surface area (Å²) in [4.78, 5) is 0. The molecule has 0 spiro atoms. The molecule has 0 atom stereocenters. The van der Waals surface area contributed by atoms with Crippen molar-refractivity contribution in [1.29, 1.82) is 0 Å². The Balaban J connectivity index is 1.54. The standard InChI is InChI=1S/C36H29OP/c1-38(2,37)32-19-17-28(18-20-32)33-21-22-34(36-16-10-9-15-35(33)36)31-24-29(26-11-5-3-6-12-26)23-30(25-31)27-13-7-4-8-14-27/h3-25H,1-2H3. The van der Waals surface area contributed by atoms with Crippen LogP contribution < -0.4 is 5.30 Å². The van der Waals surface area contributed by atoms with Gasteiger partial charge in [0.2, 0.25) is 0 Å². The van der Waals surface area contributed by atoms with E-state index >= 15 is 0 Å². The summed E-state index contributed by atoms with van der Waals surface area (Å²) in [6, 6.07) is 49.4. The monoisotopic (exact) mass is 508 g/mol. The molecule has 0 radical (unpaired) electrons. The van der Waals surface area contributed by atoms with Gasteiger partial charge < -0.3 is 4.57 Å². The van der Waals surface area contributed by atoms with Crippen molar-refractivity contribution in [2.75, 3.05) is 13.3 Å². The predicted octanol–water partition coefficient (Wildman–Crippen LogP) is 9.76. The molecule has 6 aromatic rings. The highest BCUT2D eigenvalue weighted by molar-refractivity contribution is 7.70. The largest absolute Gasteiger partial charge is 0.319 e. The van der Waals surface area contributed by atoms with Crippen molar-refractivity contribution in [2.45, 2.75) is 0 Å². The van der Waals surface area contributed by atoms with Crippen LogP contribution in [-0.2, 0) is 4.57 Å². The SMILES string of the molecule is CP(C)(=O)c1ccc(-c2ccc(-c3cc(-c4ccccc4)cc(-c4ccccc4)c3)c3ccccc23)cc1. The lowest BCUT2D eigenvalue weighted by atomic mass is 9.89. The second kappa shape index (κ2) is 9.93. The molecule has 38 heavy (non-hydrogen) atoms. The minimum Gasteiger partial charge on any atom is -0.319 e. The van der Waals surface area contributed by atoms with Crippen molar-refractivity contribution in [3.8, 4) is 44.5 Å². The molecule has 0 N–H and O–H groups in total. The van der Waals surface area contributed by atoms with Crippen LogP contribution in [0.4, 0.5) is 0 Å². The summed E-state index contributed by atoms with van der Waals surface area (Å²) in [7, 11) is -2.29. The molecular formula is C36H29OP. The van der Waals surface area contributed by atoms with Gasteiger partial charge in [-0.2, -0.15) is 0 Å². The number of benzene rings is 6. The lowest BCUT2D eigenvalue weighted by molar-refractivity contribution is 0.588. The molecule has 0 fully saturated rings. The molecule has 0 heterocycles. The van der Waals surface area contributed by atoms with Gasteiger partial charge in [-0.25, -0.2) is 0 Å². The first-order chi connectivity index (χ1) is 18.5. The zero-order chi connectivity index (χ0) is 26.1. The molecule has 0 aliphatic heterocycles. The smallest absolute Gasteiger partial charge is 0.109 e. The van der Waals surface area contributed by atoms with Crippen LogP contribution >= 0.6 is 7.14 Å². The van der Waals surface area contributed by atoms with E-state index in [2.05, 4.69) is 127 Å². The van der Waals surface area contributed by atoms with E-state index in [0.29, 0.717) is 0 Å². The second-order valence-corrected chi connectivity index (χ2v) is 13.4. The summed E-state index contributed by atoms with van der Waals surface area (Å²) in [6.45, 7) is 3.64. The molecule has 0 saturated carbocycles. The first kappa shape index (κ1) is 24.2. The number of hydrogen-bond acceptors (Lipinski definition) is 1. The molecule has 0 saturated heterocycles. The van der Waals surface area contributed by atoms with Crippen LogP contribution in [0, 0.1) is 0 Å². The summed E-state index contributed by atoms with van der Waals surface area (Å²) >= 11 is 0. The minimum atomic E-state index is -2.29. The van der Waals surface area contributed by atoms with Gasteiger partial charge in [0.25, 0.3) is 0 Å². The Morgan fingerprint density at radius 1 is 0.395 bits per heavy atom. The predicted molar refractivity (Wildman–Crippen MR) is 165 cm³/mol. The molecule has 0 bridgehead atoms. The van der Waals surface area contributed by atoms with E-state index in [0.717, 1.165) is 10.9 Å². The molecule has 6 rings (SSSR count). The third-order valence-corrected chi connectivity index (χ3v) is 8.72. The van der Waals surface area contributed by atoms with Crippen LogP contribution in [0.15, 0.2) is 140 Å². The molecule has 0 unspecified atom stereocenters. The van der Waals surface area contributed by atoms with Gasteiger partial charge in [-0.3, -0.25) is 0 Å². The van der Waals surface area contributed by atoms with Crippen LogP contribution in [0.2, 0.25) is 0 Å². The Labute approximate surface area is 224 Å². The highest BCUT2D eigenvalue weighted by Crippen LogP contribution is 2.40. The summed E-state index contributed by atoms with van der Waals surface area (Å²) in [5, 5.41) is 3.34. The van der Waals surface area contributed by atoms with Gasteiger partial charge in [0.15, 0.2) is 0 Å². The Hall–Kier alpha value is -4.19. The van der Waals surface area contributed by atoms with Gasteiger partial charge in [-0.1, -0.05) is 121 Å². The fourth-order valence-corrected chi connectivity index (χ4v) is 6.05. The highest BCUT2D eigenvalue weighted by Gasteiger charge is 2.14. The Morgan fingerprint density at radius 3 is 1.29 bits per heavy atom. The Morgan fingerprint density at radius 2 is 0.816 bits per heavy atom. The molecular weight excluding hydrogens is 479 g/mol. The van der Waals surface area contributed by atoms with Crippen molar-refractivity contribution in [1.82, 2.24) is 0 Å². The van der Waals surface area contributed by atoms with Crippen molar-refractivity contribution in [2.24, 2.45) is 0 Å². The zero-order valence-corrected chi connectivity index (χ0v) is 22.5. The highest BCUT2D eigenvalue weighted by atomic mass is 31.2. The second-order valence-electron chi connectivity index (χ2n) is 10.1. The van der Waals surface area contributed by atoms with E-state index in [-0.39, 0.29) is 0 Å². The topological polar surface area (TPSA) is 17.1 Å². The van der Waals surface area contributed by atoms with Crippen LogP contribution in [0.25, 0.3) is 55.3 Å². The summed E-state index contributed by atoms with van der Waals surface area (Å²) in [5.41, 5.74) is 9.54. The van der Waals surface area contributed by atoms with Gasteiger partial charge >= 0.3 is 0 Å². The lowest BCUT2D eigenvalue weighted by Crippen LogP contribution is -2.01. The third kappa shape index (κ3) is 4.74. The molecule has 0 amide bonds. The fraction of sp³-hybridized carbons (Fsp3) is 0.0556. The van der Waals surface area contributed by atoms with Crippen LogP contribution in [0.1, 0.15) is 0 Å². The van der Waals surface area contributed by atoms with E-state index in [4.69, 9.17) is 0 Å². The van der Waals surface area contributed by atoms with E-state index in [9.17, 15) is 4.57 Å². The zero-order valence-electron chi connectivity index (χ0n) is 21.6. The molecule has 0 aromatic heterocycles. The maximum absolute atomic E-state index is 12.5. The molecule has 2 heteroatoms. The third-order valence-electron chi connectivity index (χ3n) is 7.18. The van der Waals surface area contributed by atoms with E-state index in [1.54, 1.807) is 0 Å². The van der Waals surface area contributed by atoms with Gasteiger partial charge in [0, 0.05) is 5.30 Å². The van der Waals surface area contributed by atoms with Gasteiger partial charge in [-0.15, -0.1) is 0 Å². The summed E-state index contributed by atoms with van der Waals surface area (Å²) in [6.07, 6.45) is 0.